The van der Waals surface area contributed by atoms with Crippen LogP contribution in [-0.4, -0.2) is 53.8 Å². The van der Waals surface area contributed by atoms with Gasteiger partial charge in [0.25, 0.3) is 0 Å². The van der Waals surface area contributed by atoms with Crippen molar-refractivity contribution in [3.63, 3.8) is 0 Å². The molecule has 0 saturated carbocycles. The number of aliphatic carboxylic acids is 1. The zero-order chi connectivity index (χ0) is 18.6. The molecule has 1 aliphatic heterocycles. The molecule has 1 aromatic carbocycles. The van der Waals surface area contributed by atoms with E-state index in [1.807, 2.05) is 32.9 Å². The number of terminal acetylenes is 1. The average Bonchev–Trinajstić information content (AvgIpc) is 2.52. The zero-order valence-corrected chi connectivity index (χ0v) is 14.9. The Morgan fingerprint density at radius 2 is 1.84 bits per heavy atom. The molecule has 1 heterocycles. The number of hydrogen-bond acceptors (Lipinski definition) is 4. The van der Waals surface area contributed by atoms with Crippen LogP contribution >= 0.6 is 0 Å². The standard InChI is InChI=1S/C19H24N2O4/c1-5-14-10-15(13-17(22)23)12-16(11-14)20-6-8-21(9-7-20)18(24)25-19(2,3)4/h1,10-12H,6-9,13H2,2-4H3,(H,22,23). The molecule has 1 aliphatic rings. The van der Waals surface area contributed by atoms with E-state index in [9.17, 15) is 9.59 Å². The van der Waals surface area contributed by atoms with E-state index >= 15 is 0 Å². The average molecular weight is 344 g/mol. The normalized spacial score (nSPS) is 14.8. The van der Waals surface area contributed by atoms with Crippen LogP contribution in [0.1, 0.15) is 31.9 Å². The van der Waals surface area contributed by atoms with Gasteiger partial charge in [-0.1, -0.05) is 5.92 Å². The van der Waals surface area contributed by atoms with Gasteiger partial charge in [-0.2, -0.15) is 0 Å². The number of ether oxygens (including phenoxy) is 1. The van der Waals surface area contributed by atoms with E-state index < -0.39 is 11.6 Å². The number of carbonyl (C=O) groups excluding carboxylic acids is 1. The molecule has 1 saturated heterocycles. The summed E-state index contributed by atoms with van der Waals surface area (Å²) in [5, 5.41) is 9.00. The van der Waals surface area contributed by atoms with Crippen LogP contribution in [-0.2, 0) is 16.0 Å². The van der Waals surface area contributed by atoms with Crippen LogP contribution in [0.5, 0.6) is 0 Å². The van der Waals surface area contributed by atoms with Gasteiger partial charge in [-0.25, -0.2) is 4.79 Å². The molecule has 0 aromatic heterocycles. The Hall–Kier alpha value is -2.68. The van der Waals surface area contributed by atoms with E-state index in [1.54, 1.807) is 11.0 Å². The molecule has 0 aliphatic carbocycles. The van der Waals surface area contributed by atoms with Gasteiger partial charge >= 0.3 is 12.1 Å². The Kier molecular flexibility index (Phi) is 5.58. The second-order valence-corrected chi connectivity index (χ2v) is 7.06. The number of amides is 1. The quantitative estimate of drug-likeness (QED) is 0.853. The number of nitrogens with zero attached hydrogens (tertiary/aromatic N) is 2. The first kappa shape index (κ1) is 18.7. The first-order chi connectivity index (χ1) is 11.7. The highest BCUT2D eigenvalue weighted by molar-refractivity contribution is 5.72. The van der Waals surface area contributed by atoms with E-state index in [0.717, 1.165) is 5.69 Å². The van der Waals surface area contributed by atoms with Crippen LogP contribution in [0, 0.1) is 12.3 Å². The van der Waals surface area contributed by atoms with Crippen molar-refractivity contribution in [3.8, 4) is 12.3 Å². The topological polar surface area (TPSA) is 70.1 Å². The molecule has 0 spiro atoms. The summed E-state index contributed by atoms with van der Waals surface area (Å²) in [6, 6.07) is 5.43. The highest BCUT2D eigenvalue weighted by Gasteiger charge is 2.26. The number of carbonyl (C=O) groups is 2. The predicted octanol–water partition coefficient (Wildman–Crippen LogP) is 2.35. The van der Waals surface area contributed by atoms with Crippen LogP contribution in [0.4, 0.5) is 10.5 Å². The summed E-state index contributed by atoms with van der Waals surface area (Å²) in [4.78, 5) is 26.9. The highest BCUT2D eigenvalue weighted by atomic mass is 16.6. The van der Waals surface area contributed by atoms with E-state index in [1.165, 1.54) is 0 Å². The molecule has 1 fully saturated rings. The third kappa shape index (κ3) is 5.42. The maximum Gasteiger partial charge on any atom is 0.410 e. The van der Waals surface area contributed by atoms with Gasteiger partial charge in [-0.3, -0.25) is 4.79 Å². The SMILES string of the molecule is C#Cc1cc(CC(=O)O)cc(N2CCN(C(=O)OC(C)(C)C)CC2)c1. The van der Waals surface area contributed by atoms with Crippen molar-refractivity contribution in [2.24, 2.45) is 0 Å². The second kappa shape index (κ2) is 7.47. The molecule has 0 unspecified atom stereocenters. The molecule has 1 aromatic rings. The molecule has 6 heteroatoms. The molecule has 1 N–H and O–H groups in total. The smallest absolute Gasteiger partial charge is 0.410 e. The minimum atomic E-state index is -0.894. The summed E-state index contributed by atoms with van der Waals surface area (Å²) in [6.07, 6.45) is 5.10. The van der Waals surface area contributed by atoms with Gasteiger partial charge in [0.2, 0.25) is 0 Å². The number of rotatable bonds is 3. The van der Waals surface area contributed by atoms with Crippen molar-refractivity contribution < 1.29 is 19.4 Å². The molecule has 1 amide bonds. The molecule has 6 nitrogen and oxygen atoms in total. The van der Waals surface area contributed by atoms with Crippen molar-refractivity contribution in [2.75, 3.05) is 31.1 Å². The van der Waals surface area contributed by atoms with Gasteiger partial charge < -0.3 is 19.6 Å². The van der Waals surface area contributed by atoms with Crippen LogP contribution in [0.3, 0.4) is 0 Å². The minimum Gasteiger partial charge on any atom is -0.481 e. The van der Waals surface area contributed by atoms with Gasteiger partial charge in [-0.15, -0.1) is 6.42 Å². The Labute approximate surface area is 148 Å². The number of piperazine rings is 1. The van der Waals surface area contributed by atoms with Crippen molar-refractivity contribution >= 4 is 17.7 Å². The summed E-state index contributed by atoms with van der Waals surface area (Å²) in [7, 11) is 0. The van der Waals surface area contributed by atoms with Gasteiger partial charge in [0.1, 0.15) is 5.60 Å². The van der Waals surface area contributed by atoms with Gasteiger partial charge in [0.05, 0.1) is 6.42 Å². The number of hydrogen-bond donors (Lipinski definition) is 1. The highest BCUT2D eigenvalue weighted by Crippen LogP contribution is 2.22. The van der Waals surface area contributed by atoms with Crippen molar-refractivity contribution in [1.29, 1.82) is 0 Å². The van der Waals surface area contributed by atoms with Gasteiger partial charge in [-0.05, 0) is 44.5 Å². The summed E-state index contributed by atoms with van der Waals surface area (Å²) in [5.41, 5.74) is 1.70. The maximum atomic E-state index is 12.1. The summed E-state index contributed by atoms with van der Waals surface area (Å²) in [6.45, 7) is 7.90. The van der Waals surface area contributed by atoms with Crippen molar-refractivity contribution in [3.05, 3.63) is 29.3 Å². The molecule has 134 valence electrons. The van der Waals surface area contributed by atoms with E-state index in [4.69, 9.17) is 16.3 Å². The fraction of sp³-hybridized carbons (Fsp3) is 0.474. The fourth-order valence-electron chi connectivity index (χ4n) is 2.69. The molecule has 0 bridgehead atoms. The van der Waals surface area contributed by atoms with Gasteiger partial charge in [0.15, 0.2) is 0 Å². The summed E-state index contributed by atoms with van der Waals surface area (Å²) < 4.78 is 5.39. The van der Waals surface area contributed by atoms with E-state index in [-0.39, 0.29) is 12.5 Å². The van der Waals surface area contributed by atoms with E-state index in [2.05, 4.69) is 10.8 Å². The monoisotopic (exact) mass is 344 g/mol. The molecule has 2 rings (SSSR count). The summed E-state index contributed by atoms with van der Waals surface area (Å²) in [5.74, 6) is 1.68. The van der Waals surface area contributed by atoms with Crippen LogP contribution in [0.25, 0.3) is 0 Å². The van der Waals surface area contributed by atoms with Gasteiger partial charge in [0, 0.05) is 37.4 Å². The fourth-order valence-corrected chi connectivity index (χ4v) is 2.69. The number of carboxylic acid groups (broad SMARTS) is 1. The van der Waals surface area contributed by atoms with Crippen LogP contribution in [0.15, 0.2) is 18.2 Å². The third-order valence-corrected chi connectivity index (χ3v) is 3.80. The Morgan fingerprint density at radius 1 is 1.20 bits per heavy atom. The van der Waals surface area contributed by atoms with Crippen molar-refractivity contribution in [1.82, 2.24) is 4.90 Å². The van der Waals surface area contributed by atoms with Crippen LogP contribution in [0.2, 0.25) is 0 Å². The zero-order valence-electron chi connectivity index (χ0n) is 14.9. The Bertz CT molecular complexity index is 692. The second-order valence-electron chi connectivity index (χ2n) is 7.06. The lowest BCUT2D eigenvalue weighted by molar-refractivity contribution is -0.136. The first-order valence-electron chi connectivity index (χ1n) is 8.23. The lowest BCUT2D eigenvalue weighted by atomic mass is 10.1. The molecular formula is C19H24N2O4. The Balaban J connectivity index is 2.06. The van der Waals surface area contributed by atoms with E-state index in [0.29, 0.717) is 37.3 Å². The molecule has 0 atom stereocenters. The summed E-state index contributed by atoms with van der Waals surface area (Å²) >= 11 is 0. The molecule has 0 radical (unpaired) electrons. The maximum absolute atomic E-state index is 12.1. The lowest BCUT2D eigenvalue weighted by Crippen LogP contribution is -2.50. The number of anilines is 1. The molecule has 25 heavy (non-hydrogen) atoms. The minimum absolute atomic E-state index is 0.0691. The predicted molar refractivity (Wildman–Crippen MR) is 95.7 cm³/mol. The van der Waals surface area contributed by atoms with Crippen LogP contribution < -0.4 is 4.90 Å². The number of benzene rings is 1. The van der Waals surface area contributed by atoms with Crippen molar-refractivity contribution in [2.45, 2.75) is 32.8 Å². The largest absolute Gasteiger partial charge is 0.481 e. The lowest BCUT2D eigenvalue weighted by Gasteiger charge is -2.37. The molecular weight excluding hydrogens is 320 g/mol. The first-order valence-corrected chi connectivity index (χ1v) is 8.23. The Morgan fingerprint density at radius 3 is 2.36 bits per heavy atom. The third-order valence-electron chi connectivity index (χ3n) is 3.80. The number of carboxylic acids is 1.